The van der Waals surface area contributed by atoms with Crippen LogP contribution in [0, 0.1) is 11.3 Å². The molecule has 1 heterocycles. The van der Waals surface area contributed by atoms with Crippen LogP contribution in [0.25, 0.3) is 0 Å². The molecule has 0 radical (unpaired) electrons. The smallest absolute Gasteiger partial charge is 0.233 e. The minimum Gasteiger partial charge on any atom is -0.296 e. The van der Waals surface area contributed by atoms with Crippen LogP contribution in [0.5, 0.6) is 0 Å². The van der Waals surface area contributed by atoms with Gasteiger partial charge in [0.05, 0.1) is 5.41 Å². The second-order valence-electron chi connectivity index (χ2n) is 4.04. The van der Waals surface area contributed by atoms with Gasteiger partial charge in [0.15, 0.2) is 0 Å². The Balaban J connectivity index is 2.87. The Hall–Kier alpha value is -0.860. The van der Waals surface area contributed by atoms with E-state index in [2.05, 4.69) is 5.32 Å². The Kier molecular flexibility index (Phi) is 2.74. The zero-order chi connectivity index (χ0) is 10.1. The summed E-state index contributed by atoms with van der Waals surface area (Å²) in [6.07, 6.45) is 1.99. The zero-order valence-electron chi connectivity index (χ0n) is 8.52. The molecule has 0 aromatic heterocycles. The third-order valence-corrected chi connectivity index (χ3v) is 3.24. The summed E-state index contributed by atoms with van der Waals surface area (Å²) in [6, 6.07) is 0. The van der Waals surface area contributed by atoms with E-state index >= 15 is 0 Å². The third-order valence-electron chi connectivity index (χ3n) is 3.24. The molecule has 1 rings (SSSR count). The number of piperidine rings is 1. The molecule has 74 valence electrons. The largest absolute Gasteiger partial charge is 0.296 e. The van der Waals surface area contributed by atoms with Crippen LogP contribution in [0.3, 0.4) is 0 Å². The molecule has 1 aliphatic rings. The summed E-state index contributed by atoms with van der Waals surface area (Å²) < 4.78 is 0. The second-order valence-corrected chi connectivity index (χ2v) is 4.04. The summed E-state index contributed by atoms with van der Waals surface area (Å²) >= 11 is 0. The standard InChI is InChI=1S/C10H17NO2/c1-4-10(7(2)3)6-5-8(12)11-9(10)13/h7H,4-6H2,1-3H3,(H,11,12,13). The topological polar surface area (TPSA) is 46.2 Å². The second kappa shape index (κ2) is 3.48. The molecular formula is C10H17NO2. The van der Waals surface area contributed by atoms with Crippen molar-refractivity contribution in [1.82, 2.24) is 5.32 Å². The Bertz CT molecular complexity index is 235. The van der Waals surface area contributed by atoms with Gasteiger partial charge in [-0.3, -0.25) is 14.9 Å². The number of amides is 2. The van der Waals surface area contributed by atoms with Crippen molar-refractivity contribution in [2.24, 2.45) is 11.3 Å². The average Bonchev–Trinajstić information content (AvgIpc) is 2.04. The van der Waals surface area contributed by atoms with Crippen molar-refractivity contribution in [3.8, 4) is 0 Å². The number of rotatable bonds is 2. The van der Waals surface area contributed by atoms with Gasteiger partial charge >= 0.3 is 0 Å². The van der Waals surface area contributed by atoms with E-state index in [1.807, 2.05) is 20.8 Å². The monoisotopic (exact) mass is 183 g/mol. The zero-order valence-corrected chi connectivity index (χ0v) is 8.52. The van der Waals surface area contributed by atoms with Crippen LogP contribution in [-0.2, 0) is 9.59 Å². The highest BCUT2D eigenvalue weighted by Crippen LogP contribution is 2.38. The average molecular weight is 183 g/mol. The number of imide groups is 1. The van der Waals surface area contributed by atoms with E-state index < -0.39 is 0 Å². The summed E-state index contributed by atoms with van der Waals surface area (Å²) in [7, 11) is 0. The van der Waals surface area contributed by atoms with E-state index in [1.54, 1.807) is 0 Å². The fourth-order valence-corrected chi connectivity index (χ4v) is 2.06. The molecule has 1 N–H and O–H groups in total. The van der Waals surface area contributed by atoms with E-state index in [0.717, 1.165) is 6.42 Å². The molecule has 0 aromatic carbocycles. The van der Waals surface area contributed by atoms with Crippen LogP contribution in [-0.4, -0.2) is 11.8 Å². The number of nitrogens with one attached hydrogen (secondary N) is 1. The highest BCUT2D eigenvalue weighted by atomic mass is 16.2. The van der Waals surface area contributed by atoms with Gasteiger partial charge in [-0.15, -0.1) is 0 Å². The van der Waals surface area contributed by atoms with Gasteiger partial charge in [0, 0.05) is 6.42 Å². The van der Waals surface area contributed by atoms with Crippen molar-refractivity contribution in [2.45, 2.75) is 40.0 Å². The Morgan fingerprint density at radius 1 is 1.46 bits per heavy atom. The van der Waals surface area contributed by atoms with Crippen molar-refractivity contribution < 1.29 is 9.59 Å². The molecule has 1 aliphatic heterocycles. The van der Waals surface area contributed by atoms with E-state index in [-0.39, 0.29) is 17.2 Å². The lowest BCUT2D eigenvalue weighted by Gasteiger charge is -2.37. The van der Waals surface area contributed by atoms with E-state index in [9.17, 15) is 9.59 Å². The maximum atomic E-state index is 11.7. The van der Waals surface area contributed by atoms with Crippen LogP contribution < -0.4 is 5.32 Å². The van der Waals surface area contributed by atoms with Crippen molar-refractivity contribution in [2.75, 3.05) is 0 Å². The summed E-state index contributed by atoms with van der Waals surface area (Å²) in [6.45, 7) is 6.09. The first-order valence-corrected chi connectivity index (χ1v) is 4.87. The van der Waals surface area contributed by atoms with Crippen molar-refractivity contribution >= 4 is 11.8 Å². The summed E-state index contributed by atoms with van der Waals surface area (Å²) in [5, 5.41) is 2.42. The van der Waals surface area contributed by atoms with Gasteiger partial charge in [-0.25, -0.2) is 0 Å². The molecule has 0 spiro atoms. The highest BCUT2D eigenvalue weighted by Gasteiger charge is 2.43. The first-order valence-electron chi connectivity index (χ1n) is 4.87. The molecule has 0 bridgehead atoms. The summed E-state index contributed by atoms with van der Waals surface area (Å²) in [4.78, 5) is 22.6. The van der Waals surface area contributed by atoms with Crippen LogP contribution in [0.1, 0.15) is 40.0 Å². The molecule has 1 unspecified atom stereocenters. The Morgan fingerprint density at radius 2 is 2.08 bits per heavy atom. The van der Waals surface area contributed by atoms with E-state index in [0.29, 0.717) is 18.8 Å². The number of hydrogen-bond donors (Lipinski definition) is 1. The number of carbonyl (C=O) groups excluding carboxylic acids is 2. The van der Waals surface area contributed by atoms with Crippen LogP contribution in [0.2, 0.25) is 0 Å². The predicted molar refractivity (Wildman–Crippen MR) is 49.9 cm³/mol. The van der Waals surface area contributed by atoms with Gasteiger partial charge in [-0.1, -0.05) is 20.8 Å². The molecule has 0 aromatic rings. The SMILES string of the molecule is CCC1(C(C)C)CCC(=O)NC1=O. The lowest BCUT2D eigenvalue weighted by molar-refractivity contribution is -0.144. The number of hydrogen-bond acceptors (Lipinski definition) is 2. The van der Waals surface area contributed by atoms with Gasteiger partial charge in [0.2, 0.25) is 11.8 Å². The fraction of sp³-hybridized carbons (Fsp3) is 0.800. The van der Waals surface area contributed by atoms with Crippen molar-refractivity contribution in [1.29, 1.82) is 0 Å². The van der Waals surface area contributed by atoms with Gasteiger partial charge < -0.3 is 0 Å². The predicted octanol–water partition coefficient (Wildman–Crippen LogP) is 1.48. The minimum absolute atomic E-state index is 0.0822. The molecule has 1 atom stereocenters. The molecule has 2 amide bonds. The normalized spacial score (nSPS) is 29.2. The van der Waals surface area contributed by atoms with Gasteiger partial charge in [-0.05, 0) is 18.8 Å². The Labute approximate surface area is 78.9 Å². The maximum absolute atomic E-state index is 11.7. The lowest BCUT2D eigenvalue weighted by atomic mass is 9.69. The summed E-state index contributed by atoms with van der Waals surface area (Å²) in [5.74, 6) is 0.0848. The molecule has 0 aliphatic carbocycles. The van der Waals surface area contributed by atoms with Crippen LogP contribution >= 0.6 is 0 Å². The van der Waals surface area contributed by atoms with E-state index in [1.165, 1.54) is 0 Å². The molecule has 0 saturated carbocycles. The molecule has 1 fully saturated rings. The maximum Gasteiger partial charge on any atom is 0.233 e. The Morgan fingerprint density at radius 3 is 2.46 bits per heavy atom. The fourth-order valence-electron chi connectivity index (χ4n) is 2.06. The van der Waals surface area contributed by atoms with Crippen molar-refractivity contribution in [3.63, 3.8) is 0 Å². The van der Waals surface area contributed by atoms with Crippen LogP contribution in [0.15, 0.2) is 0 Å². The van der Waals surface area contributed by atoms with Gasteiger partial charge in [-0.2, -0.15) is 0 Å². The number of carbonyl (C=O) groups is 2. The van der Waals surface area contributed by atoms with Crippen molar-refractivity contribution in [3.05, 3.63) is 0 Å². The van der Waals surface area contributed by atoms with E-state index in [4.69, 9.17) is 0 Å². The molecule has 3 heteroatoms. The quantitative estimate of drug-likeness (QED) is 0.659. The molecule has 13 heavy (non-hydrogen) atoms. The first kappa shape index (κ1) is 10.2. The summed E-state index contributed by atoms with van der Waals surface area (Å²) in [5.41, 5.74) is -0.312. The van der Waals surface area contributed by atoms with Gasteiger partial charge in [0.1, 0.15) is 0 Å². The lowest BCUT2D eigenvalue weighted by Crippen LogP contribution is -2.51. The van der Waals surface area contributed by atoms with Gasteiger partial charge in [0.25, 0.3) is 0 Å². The molecular weight excluding hydrogens is 166 g/mol. The molecule has 1 saturated heterocycles. The molecule has 3 nitrogen and oxygen atoms in total. The third kappa shape index (κ3) is 1.60. The van der Waals surface area contributed by atoms with Crippen LogP contribution in [0.4, 0.5) is 0 Å². The first-order chi connectivity index (χ1) is 6.03. The minimum atomic E-state index is -0.312. The highest BCUT2D eigenvalue weighted by molar-refractivity contribution is 6.00.